The number of benzene rings is 1. The van der Waals surface area contributed by atoms with E-state index in [-0.39, 0.29) is 11.3 Å². The highest BCUT2D eigenvalue weighted by atomic mass is 16.1. The van der Waals surface area contributed by atoms with Gasteiger partial charge in [0.05, 0.1) is 22.5 Å². The molecule has 2 aromatic heterocycles. The van der Waals surface area contributed by atoms with E-state index in [0.29, 0.717) is 29.2 Å². The van der Waals surface area contributed by atoms with E-state index in [1.807, 2.05) is 24.3 Å². The fourth-order valence-electron chi connectivity index (χ4n) is 3.75. The van der Waals surface area contributed by atoms with Crippen LogP contribution < -0.4 is 10.9 Å². The van der Waals surface area contributed by atoms with Gasteiger partial charge >= 0.3 is 0 Å². The number of anilines is 1. The van der Waals surface area contributed by atoms with E-state index in [1.54, 1.807) is 0 Å². The van der Waals surface area contributed by atoms with Gasteiger partial charge in [0.25, 0.3) is 5.56 Å². The van der Waals surface area contributed by atoms with Crippen LogP contribution in [-0.2, 0) is 4.79 Å². The maximum Gasteiger partial charge on any atom is 0.270 e. The van der Waals surface area contributed by atoms with E-state index in [2.05, 4.69) is 25.5 Å². The summed E-state index contributed by atoms with van der Waals surface area (Å²) in [5, 5.41) is 8.70. The van der Waals surface area contributed by atoms with Crippen LogP contribution in [0.4, 0.5) is 5.82 Å². The summed E-state index contributed by atoms with van der Waals surface area (Å²) in [4.78, 5) is 32.9. The molecule has 1 aliphatic carbocycles. The number of carbonyl (C=O) groups excluding carboxylic acids is 1. The van der Waals surface area contributed by atoms with Crippen molar-refractivity contribution >= 4 is 22.6 Å². The van der Waals surface area contributed by atoms with Gasteiger partial charge in [-0.05, 0) is 25.0 Å². The number of ketones is 1. The molecule has 2 aliphatic rings. The normalized spacial score (nSPS) is 20.0. The lowest BCUT2D eigenvalue weighted by molar-refractivity contribution is -0.116. The summed E-state index contributed by atoms with van der Waals surface area (Å²) in [5.74, 6) is 0.873. The lowest BCUT2D eigenvalue weighted by Gasteiger charge is -2.29. The zero-order chi connectivity index (χ0) is 16.3. The topological polar surface area (TPSA) is 106 Å². The number of H-pyrrole nitrogens is 3. The van der Waals surface area contributed by atoms with E-state index >= 15 is 0 Å². The Morgan fingerprint density at radius 1 is 1.08 bits per heavy atom. The number of nitrogens with one attached hydrogen (secondary N) is 4. The molecule has 7 heteroatoms. The van der Waals surface area contributed by atoms with Gasteiger partial charge in [-0.2, -0.15) is 0 Å². The highest BCUT2D eigenvalue weighted by Crippen LogP contribution is 2.42. The van der Waals surface area contributed by atoms with Crippen molar-refractivity contribution in [3.63, 3.8) is 0 Å². The zero-order valence-electron chi connectivity index (χ0n) is 12.8. The van der Waals surface area contributed by atoms with Crippen LogP contribution in [0.3, 0.4) is 0 Å². The molecule has 3 aromatic rings. The van der Waals surface area contributed by atoms with Crippen LogP contribution >= 0.6 is 0 Å². The van der Waals surface area contributed by atoms with E-state index in [0.717, 1.165) is 29.6 Å². The molecule has 0 saturated heterocycles. The first-order valence-electron chi connectivity index (χ1n) is 8.01. The van der Waals surface area contributed by atoms with Crippen LogP contribution in [0.5, 0.6) is 0 Å². The number of hydrogen-bond acceptors (Lipinski definition) is 4. The van der Waals surface area contributed by atoms with Crippen molar-refractivity contribution in [3.05, 3.63) is 57.3 Å². The standard InChI is InChI=1S/C17H15N5O2/c23-11-7-3-6-10-12(11)13(14-16(20-10)21-22-17(14)24)15-18-8-4-1-2-5-9(8)19-15/h1-2,4-5,13H,3,6-7H2,(H,18,19)(H3,20,21,22,24)/t13-/m0/s1. The highest BCUT2D eigenvalue weighted by Gasteiger charge is 2.39. The van der Waals surface area contributed by atoms with Crippen molar-refractivity contribution in [3.8, 4) is 0 Å². The van der Waals surface area contributed by atoms with E-state index in [4.69, 9.17) is 0 Å². The molecule has 0 saturated carbocycles. The van der Waals surface area contributed by atoms with Crippen LogP contribution in [0.25, 0.3) is 11.0 Å². The number of aromatic nitrogens is 4. The third-order valence-corrected chi connectivity index (χ3v) is 4.81. The van der Waals surface area contributed by atoms with Crippen LogP contribution in [0.1, 0.15) is 36.6 Å². The predicted molar refractivity (Wildman–Crippen MR) is 88.9 cm³/mol. The molecule has 0 bridgehead atoms. The first-order valence-corrected chi connectivity index (χ1v) is 8.01. The van der Waals surface area contributed by atoms with Crippen LogP contribution in [0.15, 0.2) is 40.3 Å². The van der Waals surface area contributed by atoms with Gasteiger partial charge in [-0.3, -0.25) is 19.8 Å². The van der Waals surface area contributed by atoms with Gasteiger partial charge in [0.2, 0.25) is 0 Å². The van der Waals surface area contributed by atoms with Crippen LogP contribution in [-0.4, -0.2) is 25.9 Å². The summed E-state index contributed by atoms with van der Waals surface area (Å²) < 4.78 is 0. The molecule has 0 amide bonds. The molecular weight excluding hydrogens is 306 g/mol. The lowest BCUT2D eigenvalue weighted by atomic mass is 9.80. The molecule has 0 radical (unpaired) electrons. The number of carbonyl (C=O) groups is 1. The quantitative estimate of drug-likeness (QED) is 0.551. The molecule has 120 valence electrons. The number of imidazole rings is 1. The van der Waals surface area contributed by atoms with E-state index in [9.17, 15) is 9.59 Å². The Hall–Kier alpha value is -3.09. The SMILES string of the molecule is O=C1CCCC2=C1[C@H](c1nc3ccccc3[nH]1)c1c([nH][nH]c1=O)N2. The summed E-state index contributed by atoms with van der Waals surface area (Å²) in [7, 11) is 0. The average molecular weight is 321 g/mol. The van der Waals surface area contributed by atoms with Crippen molar-refractivity contribution < 1.29 is 4.79 Å². The first kappa shape index (κ1) is 13.4. The summed E-state index contributed by atoms with van der Waals surface area (Å²) in [6, 6.07) is 7.70. The molecular formula is C17H15N5O2. The van der Waals surface area contributed by atoms with E-state index < -0.39 is 5.92 Å². The smallest absolute Gasteiger partial charge is 0.270 e. The number of fused-ring (bicyclic) bond motifs is 2. The van der Waals surface area contributed by atoms with Crippen molar-refractivity contribution in [2.45, 2.75) is 25.2 Å². The Bertz CT molecular complexity index is 1040. The molecule has 0 spiro atoms. The second-order valence-corrected chi connectivity index (χ2v) is 6.23. The first-order chi connectivity index (χ1) is 11.7. The highest BCUT2D eigenvalue weighted by molar-refractivity contribution is 6.00. The molecule has 0 fully saturated rings. The van der Waals surface area contributed by atoms with Crippen molar-refractivity contribution in [2.24, 2.45) is 0 Å². The molecule has 3 heterocycles. The van der Waals surface area contributed by atoms with Crippen molar-refractivity contribution in [2.75, 3.05) is 5.32 Å². The minimum Gasteiger partial charge on any atom is -0.343 e. The van der Waals surface area contributed by atoms with Gasteiger partial charge < -0.3 is 10.3 Å². The predicted octanol–water partition coefficient (Wildman–Crippen LogP) is 2.14. The molecule has 24 heavy (non-hydrogen) atoms. The molecule has 7 nitrogen and oxygen atoms in total. The zero-order valence-corrected chi connectivity index (χ0v) is 12.8. The summed E-state index contributed by atoms with van der Waals surface area (Å²) in [5.41, 5.74) is 3.56. The van der Waals surface area contributed by atoms with Gasteiger partial charge in [-0.1, -0.05) is 12.1 Å². The Balaban J connectivity index is 1.79. The second-order valence-electron chi connectivity index (χ2n) is 6.23. The molecule has 0 unspecified atom stereocenters. The number of rotatable bonds is 1. The summed E-state index contributed by atoms with van der Waals surface area (Å²) in [6.45, 7) is 0. The minimum absolute atomic E-state index is 0.0838. The molecule has 4 N–H and O–H groups in total. The van der Waals surface area contributed by atoms with Gasteiger partial charge in [-0.15, -0.1) is 0 Å². The number of hydrogen-bond donors (Lipinski definition) is 4. The average Bonchev–Trinajstić information content (AvgIpc) is 3.17. The number of aromatic amines is 3. The van der Waals surface area contributed by atoms with Crippen LogP contribution in [0, 0.1) is 0 Å². The number of nitrogens with zero attached hydrogens (tertiary/aromatic N) is 1. The Kier molecular flexibility index (Phi) is 2.62. The molecule has 1 aliphatic heterocycles. The van der Waals surface area contributed by atoms with Crippen LogP contribution in [0.2, 0.25) is 0 Å². The van der Waals surface area contributed by atoms with Crippen molar-refractivity contribution in [1.29, 1.82) is 0 Å². The maximum atomic E-state index is 12.6. The Labute approximate surface area is 136 Å². The van der Waals surface area contributed by atoms with Gasteiger partial charge in [-0.25, -0.2) is 4.98 Å². The fourth-order valence-corrected chi connectivity index (χ4v) is 3.75. The van der Waals surface area contributed by atoms with E-state index in [1.165, 1.54) is 0 Å². The van der Waals surface area contributed by atoms with Crippen molar-refractivity contribution in [1.82, 2.24) is 20.2 Å². The monoisotopic (exact) mass is 321 g/mol. The molecule has 5 rings (SSSR count). The Morgan fingerprint density at radius 3 is 2.83 bits per heavy atom. The van der Waals surface area contributed by atoms with Gasteiger partial charge in [0.15, 0.2) is 5.78 Å². The third-order valence-electron chi connectivity index (χ3n) is 4.81. The summed E-state index contributed by atoms with van der Waals surface area (Å²) >= 11 is 0. The maximum absolute atomic E-state index is 12.6. The molecule has 1 aromatic carbocycles. The summed E-state index contributed by atoms with van der Waals surface area (Å²) in [6.07, 6.45) is 2.13. The Morgan fingerprint density at radius 2 is 1.96 bits per heavy atom. The second kappa shape index (κ2) is 4.70. The fraction of sp³-hybridized carbons (Fsp3) is 0.235. The number of allylic oxidation sites excluding steroid dienone is 2. The van der Waals surface area contributed by atoms with Gasteiger partial charge in [0.1, 0.15) is 11.6 Å². The van der Waals surface area contributed by atoms with Gasteiger partial charge in [0, 0.05) is 17.7 Å². The number of para-hydroxylation sites is 2. The minimum atomic E-state index is -0.466. The number of Topliss-reactive ketones (excluding diaryl/α,β-unsaturated/α-hetero) is 1. The lowest BCUT2D eigenvalue weighted by Crippen LogP contribution is -2.29. The molecule has 1 atom stereocenters. The third kappa shape index (κ3) is 1.75. The largest absolute Gasteiger partial charge is 0.343 e.